The Kier molecular flexibility index (Phi) is 6.11. The molecule has 0 N–H and O–H groups in total. The van der Waals surface area contributed by atoms with Crippen LogP contribution in [0.25, 0.3) is 0 Å². The zero-order valence-electron chi connectivity index (χ0n) is 11.1. The molecular weight excluding hydrogens is 286 g/mol. The number of hydrogen-bond acceptors (Lipinski definition) is 6. The van der Waals surface area contributed by atoms with Gasteiger partial charge in [0.1, 0.15) is 5.69 Å². The van der Waals surface area contributed by atoms with E-state index in [1.165, 1.54) is 18.3 Å². The van der Waals surface area contributed by atoms with E-state index in [2.05, 4.69) is 4.98 Å². The summed E-state index contributed by atoms with van der Waals surface area (Å²) in [6, 6.07) is 2.77. The lowest BCUT2D eigenvalue weighted by Gasteiger charge is -2.12. The molecule has 7 heteroatoms. The Morgan fingerprint density at radius 1 is 1.15 bits per heavy atom. The lowest BCUT2D eigenvalue weighted by atomic mass is 10.0. The van der Waals surface area contributed by atoms with E-state index in [0.29, 0.717) is 5.02 Å². The Morgan fingerprint density at radius 3 is 2.10 bits per heavy atom. The lowest BCUT2D eigenvalue weighted by molar-refractivity contribution is -0.158. The Bertz CT molecular complexity index is 482. The molecule has 0 atom stereocenters. The van der Waals surface area contributed by atoms with Crippen LogP contribution in [0.15, 0.2) is 18.3 Å². The molecule has 1 heterocycles. The number of esters is 2. The number of ketones is 1. The third kappa shape index (κ3) is 4.03. The highest BCUT2D eigenvalue weighted by molar-refractivity contribution is 6.30. The molecule has 0 amide bonds. The molecule has 0 aliphatic carbocycles. The fraction of sp³-hybridized carbons (Fsp3) is 0.385. The van der Waals surface area contributed by atoms with Crippen LogP contribution in [0.2, 0.25) is 5.02 Å². The van der Waals surface area contributed by atoms with Crippen molar-refractivity contribution in [2.75, 3.05) is 13.2 Å². The number of pyridine rings is 1. The van der Waals surface area contributed by atoms with E-state index in [-0.39, 0.29) is 18.9 Å². The molecule has 1 rings (SSSR count). The molecule has 0 saturated carbocycles. The van der Waals surface area contributed by atoms with Gasteiger partial charge in [-0.3, -0.25) is 19.4 Å². The van der Waals surface area contributed by atoms with E-state index in [4.69, 9.17) is 21.1 Å². The monoisotopic (exact) mass is 299 g/mol. The average molecular weight is 300 g/mol. The van der Waals surface area contributed by atoms with Crippen molar-refractivity contribution in [1.29, 1.82) is 0 Å². The summed E-state index contributed by atoms with van der Waals surface area (Å²) in [6.07, 6.45) is 1.25. The summed E-state index contributed by atoms with van der Waals surface area (Å²) in [4.78, 5) is 39.5. The van der Waals surface area contributed by atoms with E-state index >= 15 is 0 Å². The molecule has 0 aliphatic heterocycles. The highest BCUT2D eigenvalue weighted by atomic mass is 35.5. The van der Waals surface area contributed by atoms with E-state index in [0.717, 1.165) is 0 Å². The van der Waals surface area contributed by atoms with Crippen LogP contribution >= 0.6 is 11.6 Å². The van der Waals surface area contributed by atoms with Crippen LogP contribution in [0.1, 0.15) is 24.3 Å². The number of aromatic nitrogens is 1. The van der Waals surface area contributed by atoms with Gasteiger partial charge in [0, 0.05) is 6.20 Å². The molecule has 1 aromatic rings. The molecule has 0 bridgehead atoms. The predicted molar refractivity (Wildman–Crippen MR) is 70.3 cm³/mol. The summed E-state index contributed by atoms with van der Waals surface area (Å²) in [6.45, 7) is 3.25. The SMILES string of the molecule is CCOC(=O)C(C(=O)OCC)C(=O)c1ccc(Cl)cn1. The van der Waals surface area contributed by atoms with Crippen LogP contribution in [0.3, 0.4) is 0 Å². The number of carbonyl (C=O) groups excluding carboxylic acids is 3. The van der Waals surface area contributed by atoms with Gasteiger partial charge in [-0.1, -0.05) is 11.6 Å². The molecule has 108 valence electrons. The minimum absolute atomic E-state index is 0.0517. The Morgan fingerprint density at radius 2 is 1.70 bits per heavy atom. The van der Waals surface area contributed by atoms with Crippen LogP contribution in [-0.4, -0.2) is 35.9 Å². The number of hydrogen-bond donors (Lipinski definition) is 0. The minimum Gasteiger partial charge on any atom is -0.465 e. The van der Waals surface area contributed by atoms with Gasteiger partial charge >= 0.3 is 11.9 Å². The highest BCUT2D eigenvalue weighted by Gasteiger charge is 2.38. The maximum absolute atomic E-state index is 12.2. The first-order valence-corrected chi connectivity index (χ1v) is 6.38. The van der Waals surface area contributed by atoms with Crippen LogP contribution in [0.5, 0.6) is 0 Å². The second kappa shape index (κ2) is 7.59. The van der Waals surface area contributed by atoms with Crippen LogP contribution in [0, 0.1) is 5.92 Å². The number of nitrogens with zero attached hydrogens (tertiary/aromatic N) is 1. The zero-order valence-corrected chi connectivity index (χ0v) is 11.8. The maximum atomic E-state index is 12.2. The third-order valence-electron chi connectivity index (χ3n) is 2.29. The first-order valence-electron chi connectivity index (χ1n) is 6.00. The van der Waals surface area contributed by atoms with Crippen molar-refractivity contribution in [1.82, 2.24) is 4.98 Å². The number of Topliss-reactive ketones (excluding diaryl/α,β-unsaturated/α-hetero) is 1. The lowest BCUT2D eigenvalue weighted by Crippen LogP contribution is -2.35. The Labute approximate surface area is 121 Å². The molecule has 0 aliphatic rings. The number of halogens is 1. The second-order valence-corrected chi connectivity index (χ2v) is 4.10. The summed E-state index contributed by atoms with van der Waals surface area (Å²) in [5.74, 6) is -4.34. The number of ether oxygens (including phenoxy) is 2. The molecule has 0 fully saturated rings. The van der Waals surface area contributed by atoms with E-state index in [1.807, 2.05) is 0 Å². The number of carbonyl (C=O) groups is 3. The third-order valence-corrected chi connectivity index (χ3v) is 2.51. The molecular formula is C13H14ClNO5. The summed E-state index contributed by atoms with van der Waals surface area (Å²) in [7, 11) is 0. The van der Waals surface area contributed by atoms with Crippen LogP contribution in [-0.2, 0) is 19.1 Å². The fourth-order valence-electron chi connectivity index (χ4n) is 1.43. The standard InChI is InChI=1S/C13H14ClNO5/c1-3-19-12(17)10(13(18)20-4-2)11(16)9-6-5-8(14)7-15-9/h5-7,10H,3-4H2,1-2H3. The smallest absolute Gasteiger partial charge is 0.328 e. The molecule has 1 aromatic heterocycles. The first-order chi connectivity index (χ1) is 9.51. The van der Waals surface area contributed by atoms with Gasteiger partial charge in [-0.15, -0.1) is 0 Å². The minimum atomic E-state index is -1.66. The van der Waals surface area contributed by atoms with Gasteiger partial charge in [-0.2, -0.15) is 0 Å². The van der Waals surface area contributed by atoms with Crippen molar-refractivity contribution >= 4 is 29.3 Å². The average Bonchev–Trinajstić information content (AvgIpc) is 2.40. The van der Waals surface area contributed by atoms with E-state index in [9.17, 15) is 14.4 Å². The molecule has 0 spiro atoms. The summed E-state index contributed by atoms with van der Waals surface area (Å²) >= 11 is 5.66. The molecule has 6 nitrogen and oxygen atoms in total. The van der Waals surface area contributed by atoms with E-state index < -0.39 is 23.6 Å². The largest absolute Gasteiger partial charge is 0.465 e. The molecule has 0 radical (unpaired) electrons. The Hall–Kier alpha value is -1.95. The maximum Gasteiger partial charge on any atom is 0.328 e. The molecule has 20 heavy (non-hydrogen) atoms. The van der Waals surface area contributed by atoms with Gasteiger partial charge in [0.2, 0.25) is 11.7 Å². The number of rotatable bonds is 6. The molecule has 0 unspecified atom stereocenters. The van der Waals surface area contributed by atoms with Crippen molar-refractivity contribution in [2.45, 2.75) is 13.8 Å². The second-order valence-electron chi connectivity index (χ2n) is 3.66. The van der Waals surface area contributed by atoms with Gasteiger partial charge in [0.05, 0.1) is 18.2 Å². The van der Waals surface area contributed by atoms with Gasteiger partial charge in [0.25, 0.3) is 0 Å². The molecule has 0 aromatic carbocycles. The summed E-state index contributed by atoms with van der Waals surface area (Å²) in [5, 5.41) is 0.338. The normalized spacial score (nSPS) is 10.2. The highest BCUT2D eigenvalue weighted by Crippen LogP contribution is 2.14. The van der Waals surface area contributed by atoms with E-state index in [1.54, 1.807) is 13.8 Å². The fourth-order valence-corrected chi connectivity index (χ4v) is 1.54. The van der Waals surface area contributed by atoms with Crippen molar-refractivity contribution in [3.8, 4) is 0 Å². The summed E-state index contributed by atoms with van der Waals surface area (Å²) < 4.78 is 9.45. The van der Waals surface area contributed by atoms with Crippen LogP contribution < -0.4 is 0 Å². The van der Waals surface area contributed by atoms with Crippen LogP contribution in [0.4, 0.5) is 0 Å². The zero-order chi connectivity index (χ0) is 15.1. The molecule has 0 saturated heterocycles. The predicted octanol–water partition coefficient (Wildman–Crippen LogP) is 1.66. The van der Waals surface area contributed by atoms with Crippen molar-refractivity contribution in [2.24, 2.45) is 5.92 Å². The van der Waals surface area contributed by atoms with Gasteiger partial charge in [-0.25, -0.2) is 0 Å². The first kappa shape index (κ1) is 16.1. The van der Waals surface area contributed by atoms with Gasteiger partial charge in [-0.05, 0) is 26.0 Å². The topological polar surface area (TPSA) is 82.6 Å². The summed E-state index contributed by atoms with van der Waals surface area (Å²) in [5.41, 5.74) is -0.0551. The van der Waals surface area contributed by atoms with Crippen molar-refractivity contribution in [3.05, 3.63) is 29.0 Å². The van der Waals surface area contributed by atoms with Gasteiger partial charge in [0.15, 0.2) is 0 Å². The van der Waals surface area contributed by atoms with Crippen molar-refractivity contribution in [3.63, 3.8) is 0 Å². The quantitative estimate of drug-likeness (QED) is 0.451. The van der Waals surface area contributed by atoms with Crippen molar-refractivity contribution < 1.29 is 23.9 Å². The Balaban J connectivity index is 3.03. The van der Waals surface area contributed by atoms with Gasteiger partial charge < -0.3 is 9.47 Å².